The first-order valence-electron chi connectivity index (χ1n) is 9.68. The van der Waals surface area contributed by atoms with Crippen LogP contribution in [0.1, 0.15) is 29.1 Å². The second-order valence-corrected chi connectivity index (χ2v) is 6.76. The summed E-state index contributed by atoms with van der Waals surface area (Å²) in [4.78, 5) is 4.37. The first-order valence-corrected chi connectivity index (χ1v) is 9.68. The van der Waals surface area contributed by atoms with E-state index in [1.165, 1.54) is 17.7 Å². The molecule has 4 rings (SSSR count). The lowest BCUT2D eigenvalue weighted by Gasteiger charge is -2.06. The van der Waals surface area contributed by atoms with Gasteiger partial charge in [0.05, 0.1) is 6.20 Å². The van der Waals surface area contributed by atoms with E-state index >= 15 is 0 Å². The van der Waals surface area contributed by atoms with Gasteiger partial charge in [0.2, 0.25) is 5.89 Å². The van der Waals surface area contributed by atoms with Gasteiger partial charge in [0.1, 0.15) is 30.1 Å². The zero-order chi connectivity index (χ0) is 20.6. The molecule has 0 radical (unpaired) electrons. The molecule has 7 heteroatoms. The molecule has 2 aromatic heterocycles. The Hall–Kier alpha value is -3.74. The lowest BCUT2D eigenvalue weighted by molar-refractivity contribution is 0.301. The Bertz CT molecular complexity index is 1070. The van der Waals surface area contributed by atoms with E-state index in [-0.39, 0.29) is 5.82 Å². The standard InChI is InChI=1S/C23H21FN4O2/c24-20-8-3-19(4-9-20)7-12-23-26-21(17-30-23)16-29-22-10-5-18(6-11-22)2-1-14-28-15-13-25-27-28/h3-13,15,17H,1-2,14,16H2. The Labute approximate surface area is 173 Å². The Balaban J connectivity index is 1.24. The fourth-order valence-electron chi connectivity index (χ4n) is 2.91. The van der Waals surface area contributed by atoms with E-state index in [1.54, 1.807) is 30.7 Å². The molecule has 0 atom stereocenters. The Morgan fingerprint density at radius 2 is 1.87 bits per heavy atom. The van der Waals surface area contributed by atoms with Crippen molar-refractivity contribution in [1.29, 1.82) is 0 Å². The fraction of sp³-hybridized carbons (Fsp3) is 0.174. The SMILES string of the molecule is Fc1ccc(C=Cc2nc(COc3ccc(CCCn4ccnn4)cc3)co2)cc1. The zero-order valence-electron chi connectivity index (χ0n) is 16.3. The molecule has 0 saturated heterocycles. The summed E-state index contributed by atoms with van der Waals surface area (Å²) < 4.78 is 26.0. The highest BCUT2D eigenvalue weighted by molar-refractivity contribution is 5.65. The number of halogens is 1. The Morgan fingerprint density at radius 3 is 2.63 bits per heavy atom. The molecular formula is C23H21FN4O2. The van der Waals surface area contributed by atoms with Crippen molar-refractivity contribution in [3.8, 4) is 5.75 Å². The van der Waals surface area contributed by atoms with Crippen LogP contribution in [-0.4, -0.2) is 20.0 Å². The number of benzene rings is 2. The van der Waals surface area contributed by atoms with Gasteiger partial charge in [-0.15, -0.1) is 5.10 Å². The Morgan fingerprint density at radius 1 is 1.03 bits per heavy atom. The van der Waals surface area contributed by atoms with Crippen LogP contribution in [0.15, 0.2) is 71.6 Å². The van der Waals surface area contributed by atoms with E-state index in [1.807, 2.05) is 29.1 Å². The maximum absolute atomic E-state index is 12.9. The van der Waals surface area contributed by atoms with E-state index in [9.17, 15) is 4.39 Å². The highest BCUT2D eigenvalue weighted by Gasteiger charge is 2.03. The highest BCUT2D eigenvalue weighted by atomic mass is 19.1. The van der Waals surface area contributed by atoms with Crippen molar-refractivity contribution in [3.63, 3.8) is 0 Å². The van der Waals surface area contributed by atoms with Gasteiger partial charge >= 0.3 is 0 Å². The third-order valence-corrected chi connectivity index (χ3v) is 4.49. The average molecular weight is 404 g/mol. The molecule has 0 aliphatic carbocycles. The van der Waals surface area contributed by atoms with E-state index in [0.29, 0.717) is 18.2 Å². The molecule has 2 aromatic carbocycles. The molecule has 0 spiro atoms. The first-order chi connectivity index (χ1) is 14.7. The minimum Gasteiger partial charge on any atom is -0.487 e. The summed E-state index contributed by atoms with van der Waals surface area (Å²) >= 11 is 0. The quantitative estimate of drug-likeness (QED) is 0.401. The van der Waals surface area contributed by atoms with Gasteiger partial charge in [-0.25, -0.2) is 9.37 Å². The molecule has 6 nitrogen and oxygen atoms in total. The van der Waals surface area contributed by atoms with Gasteiger partial charge in [-0.2, -0.15) is 0 Å². The second-order valence-electron chi connectivity index (χ2n) is 6.76. The summed E-state index contributed by atoms with van der Waals surface area (Å²) in [6.07, 6.45) is 10.6. The van der Waals surface area contributed by atoms with Crippen molar-refractivity contribution in [2.24, 2.45) is 0 Å². The van der Waals surface area contributed by atoms with Crippen LogP contribution < -0.4 is 4.74 Å². The summed E-state index contributed by atoms with van der Waals surface area (Å²) in [5.74, 6) is 0.990. The van der Waals surface area contributed by atoms with E-state index < -0.39 is 0 Å². The fourth-order valence-corrected chi connectivity index (χ4v) is 2.91. The molecular weight excluding hydrogens is 383 g/mol. The molecule has 2 heterocycles. The number of ether oxygens (including phenoxy) is 1. The number of oxazole rings is 1. The van der Waals surface area contributed by atoms with Crippen molar-refractivity contribution in [1.82, 2.24) is 20.0 Å². The molecule has 0 unspecified atom stereocenters. The minimum atomic E-state index is -0.262. The third-order valence-electron chi connectivity index (χ3n) is 4.49. The van der Waals surface area contributed by atoms with E-state index in [4.69, 9.17) is 9.15 Å². The van der Waals surface area contributed by atoms with Gasteiger partial charge in [0, 0.05) is 18.8 Å². The third kappa shape index (κ3) is 5.64. The van der Waals surface area contributed by atoms with Crippen molar-refractivity contribution < 1.29 is 13.5 Å². The normalized spacial score (nSPS) is 11.2. The second kappa shape index (κ2) is 9.65. The smallest absolute Gasteiger partial charge is 0.218 e. The number of rotatable bonds is 9. The van der Waals surface area contributed by atoms with Crippen LogP contribution in [0.5, 0.6) is 5.75 Å². The number of hydrogen-bond acceptors (Lipinski definition) is 5. The molecule has 0 aliphatic heterocycles. The number of nitrogens with zero attached hydrogens (tertiary/aromatic N) is 4. The van der Waals surface area contributed by atoms with Crippen molar-refractivity contribution in [2.45, 2.75) is 26.0 Å². The molecule has 0 bridgehead atoms. The van der Waals surface area contributed by atoms with Crippen LogP contribution in [0.3, 0.4) is 0 Å². The van der Waals surface area contributed by atoms with Gasteiger partial charge in [0.25, 0.3) is 0 Å². The van der Waals surface area contributed by atoms with E-state index in [2.05, 4.69) is 27.4 Å². The molecule has 0 N–H and O–H groups in total. The number of hydrogen-bond donors (Lipinski definition) is 0. The number of aryl methyl sites for hydroxylation is 2. The minimum absolute atomic E-state index is 0.262. The van der Waals surface area contributed by atoms with Crippen LogP contribution in [0.2, 0.25) is 0 Å². The molecule has 0 saturated carbocycles. The van der Waals surface area contributed by atoms with Crippen molar-refractivity contribution in [3.05, 3.63) is 95.7 Å². The predicted molar refractivity (Wildman–Crippen MR) is 111 cm³/mol. The topological polar surface area (TPSA) is 66.0 Å². The average Bonchev–Trinajstić information content (AvgIpc) is 3.45. The van der Waals surface area contributed by atoms with Crippen molar-refractivity contribution in [2.75, 3.05) is 0 Å². The lowest BCUT2D eigenvalue weighted by Crippen LogP contribution is -2.00. The summed E-state index contributed by atoms with van der Waals surface area (Å²) in [7, 11) is 0. The predicted octanol–water partition coefficient (Wildman–Crippen LogP) is 4.79. The van der Waals surface area contributed by atoms with Gasteiger partial charge in [-0.1, -0.05) is 29.5 Å². The highest BCUT2D eigenvalue weighted by Crippen LogP contribution is 2.16. The summed E-state index contributed by atoms with van der Waals surface area (Å²) in [6.45, 7) is 1.17. The van der Waals surface area contributed by atoms with Gasteiger partial charge in [0.15, 0.2) is 0 Å². The maximum atomic E-state index is 12.9. The zero-order valence-corrected chi connectivity index (χ0v) is 16.3. The molecule has 0 fully saturated rings. The van der Waals surface area contributed by atoms with Crippen LogP contribution in [0.4, 0.5) is 4.39 Å². The largest absolute Gasteiger partial charge is 0.487 e. The van der Waals surface area contributed by atoms with Gasteiger partial charge in [-0.05, 0) is 54.3 Å². The van der Waals surface area contributed by atoms with Gasteiger partial charge < -0.3 is 9.15 Å². The summed E-state index contributed by atoms with van der Waals surface area (Å²) in [5.41, 5.74) is 2.82. The molecule has 0 aliphatic rings. The van der Waals surface area contributed by atoms with Crippen LogP contribution in [-0.2, 0) is 19.6 Å². The van der Waals surface area contributed by atoms with Crippen molar-refractivity contribution >= 4 is 12.2 Å². The Kier molecular flexibility index (Phi) is 6.29. The van der Waals surface area contributed by atoms with Crippen LogP contribution in [0.25, 0.3) is 12.2 Å². The van der Waals surface area contributed by atoms with Crippen LogP contribution in [0, 0.1) is 5.82 Å². The van der Waals surface area contributed by atoms with Crippen LogP contribution >= 0.6 is 0 Å². The number of aromatic nitrogens is 4. The van der Waals surface area contributed by atoms with E-state index in [0.717, 1.165) is 30.7 Å². The summed E-state index contributed by atoms with van der Waals surface area (Å²) in [6, 6.07) is 14.3. The maximum Gasteiger partial charge on any atom is 0.218 e. The summed E-state index contributed by atoms with van der Waals surface area (Å²) in [5, 5.41) is 7.76. The molecule has 0 amide bonds. The van der Waals surface area contributed by atoms with Gasteiger partial charge in [-0.3, -0.25) is 4.68 Å². The molecule has 4 aromatic rings. The monoisotopic (exact) mass is 404 g/mol. The first kappa shape index (κ1) is 19.6. The molecule has 30 heavy (non-hydrogen) atoms. The lowest BCUT2D eigenvalue weighted by atomic mass is 10.1. The molecule has 152 valence electrons.